The summed E-state index contributed by atoms with van der Waals surface area (Å²) in [5, 5.41) is 4.89. The molecule has 3 heteroatoms. The van der Waals surface area contributed by atoms with Crippen molar-refractivity contribution in [2.24, 2.45) is 0 Å². The smallest absolute Gasteiger partial charge is 0.228 e. The van der Waals surface area contributed by atoms with E-state index >= 15 is 0 Å². The Morgan fingerprint density at radius 2 is 1.62 bits per heavy atom. The minimum Gasteiger partial charge on any atom is -0.325 e. The van der Waals surface area contributed by atoms with Gasteiger partial charge in [0.25, 0.3) is 0 Å². The van der Waals surface area contributed by atoms with Crippen LogP contribution in [0.25, 0.3) is 10.8 Å². The summed E-state index contributed by atoms with van der Waals surface area (Å²) in [5.41, 5.74) is 1.14. The third-order valence-corrected chi connectivity index (χ3v) is 3.37. The van der Waals surface area contributed by atoms with Gasteiger partial charge in [0.2, 0.25) is 5.91 Å². The molecule has 1 amide bonds. The van der Waals surface area contributed by atoms with Crippen molar-refractivity contribution in [1.29, 1.82) is 0 Å². The van der Waals surface area contributed by atoms with Crippen molar-refractivity contribution in [3.05, 3.63) is 78.1 Å². The highest BCUT2D eigenvalue weighted by atomic mass is 19.1. The maximum Gasteiger partial charge on any atom is 0.228 e. The van der Waals surface area contributed by atoms with Gasteiger partial charge in [-0.15, -0.1) is 0 Å². The van der Waals surface area contributed by atoms with Crippen LogP contribution in [0.5, 0.6) is 0 Å². The first-order valence-electron chi connectivity index (χ1n) is 6.75. The zero-order valence-electron chi connectivity index (χ0n) is 11.3. The zero-order chi connectivity index (χ0) is 14.7. The number of halogens is 1. The van der Waals surface area contributed by atoms with Crippen LogP contribution in [0.15, 0.2) is 66.7 Å². The van der Waals surface area contributed by atoms with E-state index in [1.54, 1.807) is 18.2 Å². The average molecular weight is 279 g/mol. The number of rotatable bonds is 3. The Bertz CT molecular complexity index is 793. The normalized spacial score (nSPS) is 10.5. The minimum atomic E-state index is -0.356. The zero-order valence-corrected chi connectivity index (χ0v) is 11.3. The average Bonchev–Trinajstić information content (AvgIpc) is 2.50. The predicted molar refractivity (Wildman–Crippen MR) is 82.7 cm³/mol. The van der Waals surface area contributed by atoms with Gasteiger partial charge in [0.1, 0.15) is 5.82 Å². The fourth-order valence-corrected chi connectivity index (χ4v) is 2.34. The number of carbonyl (C=O) groups excluding carboxylic acids is 1. The van der Waals surface area contributed by atoms with Crippen LogP contribution in [0.2, 0.25) is 0 Å². The van der Waals surface area contributed by atoms with Gasteiger partial charge >= 0.3 is 0 Å². The lowest BCUT2D eigenvalue weighted by Crippen LogP contribution is -2.15. The van der Waals surface area contributed by atoms with Crippen LogP contribution < -0.4 is 5.32 Å². The standard InChI is InChI=1S/C18H14FNO/c19-16-10-4-2-7-14(16)12-18(21)20-17-11-5-8-13-6-1-3-9-15(13)17/h1-11H,12H2,(H,20,21). The van der Waals surface area contributed by atoms with Gasteiger partial charge in [-0.2, -0.15) is 0 Å². The molecule has 0 aliphatic heterocycles. The van der Waals surface area contributed by atoms with E-state index in [4.69, 9.17) is 0 Å². The van der Waals surface area contributed by atoms with Gasteiger partial charge in [-0.1, -0.05) is 54.6 Å². The van der Waals surface area contributed by atoms with E-state index in [0.717, 1.165) is 16.5 Å². The quantitative estimate of drug-likeness (QED) is 0.766. The molecule has 0 aliphatic rings. The van der Waals surface area contributed by atoms with Crippen molar-refractivity contribution in [2.45, 2.75) is 6.42 Å². The van der Waals surface area contributed by atoms with Crippen LogP contribution in [-0.2, 0) is 11.2 Å². The van der Waals surface area contributed by atoms with Crippen LogP contribution in [0.3, 0.4) is 0 Å². The number of benzene rings is 3. The molecule has 0 bridgehead atoms. The van der Waals surface area contributed by atoms with Gasteiger partial charge in [0.15, 0.2) is 0 Å². The van der Waals surface area contributed by atoms with Gasteiger partial charge in [-0.05, 0) is 23.1 Å². The van der Waals surface area contributed by atoms with E-state index in [0.29, 0.717) is 5.56 Å². The lowest BCUT2D eigenvalue weighted by molar-refractivity contribution is -0.115. The Balaban J connectivity index is 1.82. The first-order valence-corrected chi connectivity index (χ1v) is 6.75. The minimum absolute atomic E-state index is 0.0237. The molecule has 3 rings (SSSR count). The molecule has 0 aliphatic carbocycles. The lowest BCUT2D eigenvalue weighted by atomic mass is 10.1. The van der Waals surface area contributed by atoms with Gasteiger partial charge in [-0.3, -0.25) is 4.79 Å². The molecule has 104 valence electrons. The second kappa shape index (κ2) is 5.75. The maximum atomic E-state index is 13.6. The molecule has 0 spiro atoms. The molecule has 0 saturated carbocycles. The molecule has 3 aromatic carbocycles. The molecule has 1 N–H and O–H groups in total. The maximum absolute atomic E-state index is 13.6. The van der Waals surface area contributed by atoms with E-state index in [2.05, 4.69) is 5.32 Å². The molecule has 0 saturated heterocycles. The Hall–Kier alpha value is -2.68. The fourth-order valence-electron chi connectivity index (χ4n) is 2.34. The highest BCUT2D eigenvalue weighted by molar-refractivity contribution is 6.02. The summed E-state index contributed by atoms with van der Waals surface area (Å²) in [6.45, 7) is 0. The molecule has 2 nitrogen and oxygen atoms in total. The van der Waals surface area contributed by atoms with E-state index in [1.807, 2.05) is 42.5 Å². The van der Waals surface area contributed by atoms with Gasteiger partial charge in [-0.25, -0.2) is 4.39 Å². The van der Waals surface area contributed by atoms with Crippen LogP contribution in [0.4, 0.5) is 10.1 Å². The number of fused-ring (bicyclic) bond motifs is 1. The van der Waals surface area contributed by atoms with Crippen molar-refractivity contribution < 1.29 is 9.18 Å². The van der Waals surface area contributed by atoms with Crippen molar-refractivity contribution in [1.82, 2.24) is 0 Å². The molecule has 3 aromatic rings. The lowest BCUT2D eigenvalue weighted by Gasteiger charge is -2.09. The van der Waals surface area contributed by atoms with Crippen molar-refractivity contribution >= 4 is 22.4 Å². The largest absolute Gasteiger partial charge is 0.325 e. The summed E-state index contributed by atoms with van der Waals surface area (Å²) in [7, 11) is 0. The third kappa shape index (κ3) is 2.92. The van der Waals surface area contributed by atoms with Gasteiger partial charge in [0, 0.05) is 11.1 Å². The van der Waals surface area contributed by atoms with Crippen LogP contribution >= 0.6 is 0 Å². The van der Waals surface area contributed by atoms with Crippen molar-refractivity contribution in [3.8, 4) is 0 Å². The molecule has 0 atom stereocenters. The van der Waals surface area contributed by atoms with Crippen molar-refractivity contribution in [3.63, 3.8) is 0 Å². The Kier molecular flexibility index (Phi) is 3.65. The topological polar surface area (TPSA) is 29.1 Å². The number of nitrogens with one attached hydrogen (secondary N) is 1. The summed E-state index contributed by atoms with van der Waals surface area (Å²) in [4.78, 5) is 12.1. The third-order valence-electron chi connectivity index (χ3n) is 3.37. The first-order chi connectivity index (χ1) is 10.2. The highest BCUT2D eigenvalue weighted by Gasteiger charge is 2.09. The number of carbonyl (C=O) groups is 1. The molecular formula is C18H14FNO. The van der Waals surface area contributed by atoms with E-state index < -0.39 is 0 Å². The first kappa shape index (κ1) is 13.3. The summed E-state index contributed by atoms with van der Waals surface area (Å²) < 4.78 is 13.6. The van der Waals surface area contributed by atoms with E-state index in [9.17, 15) is 9.18 Å². The van der Waals surface area contributed by atoms with Crippen LogP contribution in [-0.4, -0.2) is 5.91 Å². The number of anilines is 1. The number of hydrogen-bond donors (Lipinski definition) is 1. The monoisotopic (exact) mass is 279 g/mol. The van der Waals surface area contributed by atoms with Crippen LogP contribution in [0, 0.1) is 5.82 Å². The molecule has 21 heavy (non-hydrogen) atoms. The fraction of sp³-hybridized carbons (Fsp3) is 0.0556. The molecule has 0 heterocycles. The Morgan fingerprint density at radius 3 is 2.48 bits per heavy atom. The van der Waals surface area contributed by atoms with Gasteiger partial charge < -0.3 is 5.32 Å². The molecule has 0 radical (unpaired) electrons. The predicted octanol–water partition coefficient (Wildman–Crippen LogP) is 4.16. The van der Waals surface area contributed by atoms with Gasteiger partial charge in [0.05, 0.1) is 6.42 Å². The Morgan fingerprint density at radius 1 is 0.905 bits per heavy atom. The van der Waals surface area contributed by atoms with E-state index in [-0.39, 0.29) is 18.1 Å². The van der Waals surface area contributed by atoms with Crippen LogP contribution in [0.1, 0.15) is 5.56 Å². The summed E-state index contributed by atoms with van der Waals surface area (Å²) in [5.74, 6) is -0.581. The second-order valence-corrected chi connectivity index (χ2v) is 4.84. The summed E-state index contributed by atoms with van der Waals surface area (Å²) >= 11 is 0. The molecule has 0 fully saturated rings. The number of amides is 1. The molecular weight excluding hydrogens is 265 g/mol. The van der Waals surface area contributed by atoms with Crippen molar-refractivity contribution in [2.75, 3.05) is 5.32 Å². The SMILES string of the molecule is O=C(Cc1ccccc1F)Nc1cccc2ccccc12. The summed E-state index contributed by atoms with van der Waals surface area (Å²) in [6, 6.07) is 19.9. The number of hydrogen-bond acceptors (Lipinski definition) is 1. The molecule has 0 unspecified atom stereocenters. The molecule has 0 aromatic heterocycles. The second-order valence-electron chi connectivity index (χ2n) is 4.84. The summed E-state index contributed by atoms with van der Waals surface area (Å²) in [6.07, 6.45) is 0.0237. The highest BCUT2D eigenvalue weighted by Crippen LogP contribution is 2.23. The van der Waals surface area contributed by atoms with E-state index in [1.165, 1.54) is 6.07 Å². The Labute approximate surface area is 122 Å².